The highest BCUT2D eigenvalue weighted by Gasteiger charge is 2.23. The lowest BCUT2D eigenvalue weighted by Gasteiger charge is -2.30. The molecular formula is C17H19ClN4OS. The number of benzene rings is 1. The van der Waals surface area contributed by atoms with Crippen LogP contribution in [0.5, 0.6) is 0 Å². The largest absolute Gasteiger partial charge is 0.346 e. The van der Waals surface area contributed by atoms with Gasteiger partial charge in [0, 0.05) is 17.5 Å². The molecule has 1 aliphatic heterocycles. The molecule has 1 amide bonds. The van der Waals surface area contributed by atoms with E-state index in [1.165, 1.54) is 11.8 Å². The van der Waals surface area contributed by atoms with Gasteiger partial charge in [-0.25, -0.2) is 0 Å². The van der Waals surface area contributed by atoms with Crippen molar-refractivity contribution in [2.45, 2.75) is 29.3 Å². The Morgan fingerprint density at radius 2 is 2.12 bits per heavy atom. The van der Waals surface area contributed by atoms with E-state index in [-0.39, 0.29) is 11.9 Å². The van der Waals surface area contributed by atoms with Gasteiger partial charge in [0.05, 0.1) is 5.02 Å². The van der Waals surface area contributed by atoms with Crippen molar-refractivity contribution in [1.82, 2.24) is 20.8 Å². The molecule has 0 saturated carbocycles. The summed E-state index contributed by atoms with van der Waals surface area (Å²) in [5, 5.41) is 15.9. The Labute approximate surface area is 150 Å². The van der Waals surface area contributed by atoms with Gasteiger partial charge in [0.15, 0.2) is 5.69 Å². The van der Waals surface area contributed by atoms with E-state index in [0.717, 1.165) is 24.4 Å². The van der Waals surface area contributed by atoms with E-state index in [9.17, 15) is 4.79 Å². The maximum Gasteiger partial charge on any atom is 0.272 e. The Morgan fingerprint density at radius 3 is 2.83 bits per heavy atom. The van der Waals surface area contributed by atoms with Gasteiger partial charge in [-0.2, -0.15) is 0 Å². The van der Waals surface area contributed by atoms with E-state index >= 15 is 0 Å². The van der Waals surface area contributed by atoms with Crippen molar-refractivity contribution in [2.75, 3.05) is 13.1 Å². The maximum absolute atomic E-state index is 12.3. The molecule has 0 bridgehead atoms. The summed E-state index contributed by atoms with van der Waals surface area (Å²) in [5.74, 6) is 0.274. The second-order valence-electron chi connectivity index (χ2n) is 5.84. The Bertz CT molecular complexity index is 710. The average molecular weight is 363 g/mol. The van der Waals surface area contributed by atoms with Crippen LogP contribution in [0.4, 0.5) is 0 Å². The SMILES string of the molecule is CC1CCNCC1NC(=O)c1ccc(Sc2ccccc2Cl)nn1. The van der Waals surface area contributed by atoms with E-state index in [1.54, 1.807) is 12.1 Å². The van der Waals surface area contributed by atoms with Crippen molar-refractivity contribution >= 4 is 29.3 Å². The summed E-state index contributed by atoms with van der Waals surface area (Å²) in [7, 11) is 0. The van der Waals surface area contributed by atoms with E-state index < -0.39 is 0 Å². The van der Waals surface area contributed by atoms with Gasteiger partial charge >= 0.3 is 0 Å². The topological polar surface area (TPSA) is 66.9 Å². The number of halogens is 1. The van der Waals surface area contributed by atoms with Crippen LogP contribution in [-0.4, -0.2) is 35.2 Å². The van der Waals surface area contributed by atoms with Gasteiger partial charge in [-0.3, -0.25) is 4.79 Å². The van der Waals surface area contributed by atoms with Gasteiger partial charge in [0.25, 0.3) is 5.91 Å². The number of rotatable bonds is 4. The first-order chi connectivity index (χ1) is 11.6. The number of carbonyl (C=O) groups is 1. The van der Waals surface area contributed by atoms with Crippen LogP contribution < -0.4 is 10.6 Å². The van der Waals surface area contributed by atoms with Crippen molar-refractivity contribution in [3.63, 3.8) is 0 Å². The number of piperidine rings is 1. The van der Waals surface area contributed by atoms with Crippen molar-refractivity contribution in [3.8, 4) is 0 Å². The van der Waals surface area contributed by atoms with Crippen LogP contribution >= 0.6 is 23.4 Å². The average Bonchev–Trinajstić information content (AvgIpc) is 2.59. The third-order valence-electron chi connectivity index (χ3n) is 4.07. The van der Waals surface area contributed by atoms with Crippen molar-refractivity contribution in [2.24, 2.45) is 5.92 Å². The van der Waals surface area contributed by atoms with E-state index in [4.69, 9.17) is 11.6 Å². The standard InChI is InChI=1S/C17H19ClN4OS/c1-11-8-9-19-10-14(11)20-17(23)13-6-7-16(22-21-13)24-15-5-3-2-4-12(15)18/h2-7,11,14,19H,8-10H2,1H3,(H,20,23). The van der Waals surface area contributed by atoms with E-state index in [1.807, 2.05) is 24.3 Å². The van der Waals surface area contributed by atoms with Crippen LogP contribution in [0.3, 0.4) is 0 Å². The first kappa shape index (κ1) is 17.2. The molecule has 5 nitrogen and oxygen atoms in total. The van der Waals surface area contributed by atoms with Crippen LogP contribution in [0, 0.1) is 5.92 Å². The Balaban J connectivity index is 1.63. The van der Waals surface area contributed by atoms with Crippen LogP contribution in [0.1, 0.15) is 23.8 Å². The van der Waals surface area contributed by atoms with Gasteiger partial charge in [-0.1, -0.05) is 42.4 Å². The van der Waals surface area contributed by atoms with Crippen molar-refractivity contribution < 1.29 is 4.79 Å². The highest BCUT2D eigenvalue weighted by molar-refractivity contribution is 7.99. The predicted octanol–water partition coefficient (Wildman–Crippen LogP) is 3.01. The lowest BCUT2D eigenvalue weighted by molar-refractivity contribution is 0.0909. The highest BCUT2D eigenvalue weighted by atomic mass is 35.5. The number of hydrogen-bond acceptors (Lipinski definition) is 5. The fourth-order valence-electron chi connectivity index (χ4n) is 2.56. The lowest BCUT2D eigenvalue weighted by atomic mass is 9.95. The molecule has 2 unspecified atom stereocenters. The molecule has 1 aromatic heterocycles. The Kier molecular flexibility index (Phi) is 5.71. The van der Waals surface area contributed by atoms with Gasteiger partial charge < -0.3 is 10.6 Å². The summed E-state index contributed by atoms with van der Waals surface area (Å²) in [4.78, 5) is 13.2. The highest BCUT2D eigenvalue weighted by Crippen LogP contribution is 2.31. The monoisotopic (exact) mass is 362 g/mol. The lowest BCUT2D eigenvalue weighted by Crippen LogP contribution is -2.50. The molecule has 126 valence electrons. The molecule has 7 heteroatoms. The minimum Gasteiger partial charge on any atom is -0.346 e. The summed E-state index contributed by atoms with van der Waals surface area (Å²) >= 11 is 7.56. The summed E-state index contributed by atoms with van der Waals surface area (Å²) in [6.07, 6.45) is 1.06. The van der Waals surface area contributed by atoms with Gasteiger partial charge in [-0.15, -0.1) is 10.2 Å². The van der Waals surface area contributed by atoms with Crippen LogP contribution in [0.25, 0.3) is 0 Å². The number of hydrogen-bond donors (Lipinski definition) is 2. The smallest absolute Gasteiger partial charge is 0.272 e. The second kappa shape index (κ2) is 7.96. The second-order valence-corrected chi connectivity index (χ2v) is 7.31. The summed E-state index contributed by atoms with van der Waals surface area (Å²) in [5.41, 5.74) is 0.330. The van der Waals surface area contributed by atoms with Crippen LogP contribution in [0.15, 0.2) is 46.3 Å². The molecule has 2 aromatic rings. The maximum atomic E-state index is 12.3. The summed E-state index contributed by atoms with van der Waals surface area (Å²) < 4.78 is 0. The van der Waals surface area contributed by atoms with Gasteiger partial charge in [0.1, 0.15) is 5.03 Å². The third-order valence-corrected chi connectivity index (χ3v) is 5.51. The Morgan fingerprint density at radius 1 is 1.29 bits per heavy atom. The molecular weight excluding hydrogens is 344 g/mol. The van der Waals surface area contributed by atoms with Crippen molar-refractivity contribution in [3.05, 3.63) is 47.1 Å². The third kappa shape index (κ3) is 4.26. The van der Waals surface area contributed by atoms with Gasteiger partial charge in [-0.05, 0) is 43.1 Å². The first-order valence-corrected chi connectivity index (χ1v) is 9.10. The Hall–Kier alpha value is -1.63. The molecule has 2 heterocycles. The zero-order valence-corrected chi connectivity index (χ0v) is 14.9. The molecule has 24 heavy (non-hydrogen) atoms. The van der Waals surface area contributed by atoms with Crippen LogP contribution in [-0.2, 0) is 0 Å². The summed E-state index contributed by atoms with van der Waals surface area (Å²) in [6, 6.07) is 11.2. The number of amides is 1. The minimum absolute atomic E-state index is 0.130. The molecule has 0 spiro atoms. The molecule has 0 radical (unpaired) electrons. The molecule has 0 aliphatic carbocycles. The molecule has 1 aliphatic rings. The molecule has 1 saturated heterocycles. The number of aromatic nitrogens is 2. The zero-order valence-electron chi connectivity index (χ0n) is 13.3. The fourth-order valence-corrected chi connectivity index (χ4v) is 3.57. The zero-order chi connectivity index (χ0) is 16.9. The molecule has 1 aromatic carbocycles. The van der Waals surface area contributed by atoms with Crippen LogP contribution in [0.2, 0.25) is 5.02 Å². The van der Waals surface area contributed by atoms with Gasteiger partial charge in [0.2, 0.25) is 0 Å². The van der Waals surface area contributed by atoms with Crippen molar-refractivity contribution in [1.29, 1.82) is 0 Å². The molecule has 3 rings (SSSR count). The quantitative estimate of drug-likeness (QED) is 0.875. The molecule has 2 N–H and O–H groups in total. The fraction of sp³-hybridized carbons (Fsp3) is 0.353. The number of nitrogens with one attached hydrogen (secondary N) is 2. The molecule has 2 atom stereocenters. The van der Waals surface area contributed by atoms with E-state index in [0.29, 0.717) is 21.7 Å². The summed E-state index contributed by atoms with van der Waals surface area (Å²) in [6.45, 7) is 3.95. The minimum atomic E-state index is -0.183. The normalized spacial score (nSPS) is 20.6. The molecule has 1 fully saturated rings. The number of nitrogens with zero attached hydrogens (tertiary/aromatic N) is 2. The predicted molar refractivity (Wildman–Crippen MR) is 95.5 cm³/mol. The van der Waals surface area contributed by atoms with E-state index in [2.05, 4.69) is 27.8 Å². The first-order valence-electron chi connectivity index (χ1n) is 7.91. The number of carbonyl (C=O) groups excluding carboxylic acids is 1.